The number of methoxy groups -OCH3 is 2. The number of unbranched alkanes of at least 4 members (excludes halogenated alkanes) is 1. The van der Waals surface area contributed by atoms with E-state index in [1.165, 1.54) is 0 Å². The third kappa shape index (κ3) is 13.7. The van der Waals surface area contributed by atoms with Gasteiger partial charge < -0.3 is 34.7 Å². The Morgan fingerprint density at radius 1 is 1.02 bits per heavy atom. The van der Waals surface area contributed by atoms with Crippen molar-refractivity contribution in [3.05, 3.63) is 23.8 Å². The van der Waals surface area contributed by atoms with E-state index in [9.17, 15) is 14.7 Å². The Morgan fingerprint density at radius 3 is 2.30 bits per heavy atom. The molecule has 0 saturated carbocycles. The van der Waals surface area contributed by atoms with Crippen LogP contribution in [0.2, 0.25) is 0 Å². The summed E-state index contributed by atoms with van der Waals surface area (Å²) in [6, 6.07) is 5.27. The number of benzene rings is 1. The van der Waals surface area contributed by atoms with E-state index in [0.29, 0.717) is 44.1 Å². The van der Waals surface area contributed by atoms with Gasteiger partial charge in [0.2, 0.25) is 5.91 Å². The summed E-state index contributed by atoms with van der Waals surface area (Å²) in [5.74, 6) is 1.16. The molecule has 4 atom stereocenters. The van der Waals surface area contributed by atoms with Crippen LogP contribution in [0.15, 0.2) is 18.2 Å². The second-order valence-corrected chi connectivity index (χ2v) is 11.9. The van der Waals surface area contributed by atoms with E-state index in [2.05, 4.69) is 31.4 Å². The average Bonchev–Trinajstić information content (AvgIpc) is 2.86. The van der Waals surface area contributed by atoms with Gasteiger partial charge in [0.1, 0.15) is 12.2 Å². The van der Waals surface area contributed by atoms with Crippen LogP contribution < -0.4 is 20.1 Å². The van der Waals surface area contributed by atoms with Gasteiger partial charge in [0.25, 0.3) is 0 Å². The predicted molar refractivity (Wildman–Crippen MR) is 158 cm³/mol. The molecule has 0 heterocycles. The molecule has 0 spiro atoms. The van der Waals surface area contributed by atoms with Gasteiger partial charge in [-0.25, -0.2) is 4.79 Å². The Hall–Kier alpha value is -2.52. The van der Waals surface area contributed by atoms with Crippen LogP contribution in [0, 0.1) is 17.8 Å². The zero-order chi connectivity index (χ0) is 30.3. The fraction of sp³-hybridized carbons (Fsp3) is 0.742. The van der Waals surface area contributed by atoms with Gasteiger partial charge in [0.15, 0.2) is 11.5 Å². The van der Waals surface area contributed by atoms with Crippen LogP contribution >= 0.6 is 0 Å². The van der Waals surface area contributed by atoms with Crippen LogP contribution in [0.5, 0.6) is 11.5 Å². The highest BCUT2D eigenvalue weighted by atomic mass is 16.6. The quantitative estimate of drug-likeness (QED) is 0.211. The summed E-state index contributed by atoms with van der Waals surface area (Å²) in [5.41, 5.74) is 0.382. The van der Waals surface area contributed by atoms with Gasteiger partial charge in [0, 0.05) is 19.6 Å². The van der Waals surface area contributed by atoms with Crippen molar-refractivity contribution in [2.45, 2.75) is 98.3 Å². The van der Waals surface area contributed by atoms with Crippen molar-refractivity contribution < 1.29 is 33.6 Å². The molecule has 0 radical (unpaired) electrons. The van der Waals surface area contributed by atoms with Crippen molar-refractivity contribution in [1.82, 2.24) is 10.6 Å². The third-order valence-electron chi connectivity index (χ3n) is 6.81. The summed E-state index contributed by atoms with van der Waals surface area (Å²) in [4.78, 5) is 25.3. The van der Waals surface area contributed by atoms with E-state index in [4.69, 9.17) is 18.9 Å². The summed E-state index contributed by atoms with van der Waals surface area (Å²) in [5, 5.41) is 17.1. The third-order valence-corrected chi connectivity index (χ3v) is 6.81. The largest absolute Gasteiger partial charge is 0.493 e. The summed E-state index contributed by atoms with van der Waals surface area (Å²) >= 11 is 0. The van der Waals surface area contributed by atoms with Crippen LogP contribution in [0.25, 0.3) is 0 Å². The molecular formula is C31H54N2O7. The van der Waals surface area contributed by atoms with Gasteiger partial charge in [-0.3, -0.25) is 4.79 Å². The fourth-order valence-corrected chi connectivity index (χ4v) is 4.38. The molecule has 230 valence electrons. The van der Waals surface area contributed by atoms with Gasteiger partial charge in [-0.2, -0.15) is 0 Å². The SMILES string of the molecule is CCCCNC(=O)[C@H](C)C[C@H](O)[C@H](C[C@H](Cc1ccc(OC)c(OCCOC)c1)C(C)C)NC(=O)OC(C)(C)C. The Kier molecular flexibility index (Phi) is 16.0. The van der Waals surface area contributed by atoms with E-state index >= 15 is 0 Å². The number of carbonyl (C=O) groups is 2. The standard InChI is InChI=1S/C31H54N2O7/c1-10-11-14-32-29(35)22(4)17-26(34)25(33-30(36)40-31(5,6)7)20-24(21(2)3)18-23-12-13-27(38-9)28(19-23)39-16-15-37-8/h12-13,19,21-22,24-26,34H,10-11,14-18,20H2,1-9H3,(H,32,35)(H,33,36)/t22-,24+,25+,26+/m1/s1. The topological polar surface area (TPSA) is 115 Å². The predicted octanol–water partition coefficient (Wildman–Crippen LogP) is 5.12. The number of carbonyl (C=O) groups excluding carboxylic acids is 2. The van der Waals surface area contributed by atoms with Crippen molar-refractivity contribution in [2.75, 3.05) is 34.0 Å². The first-order chi connectivity index (χ1) is 18.8. The van der Waals surface area contributed by atoms with Crippen LogP contribution in [0.1, 0.15) is 79.7 Å². The lowest BCUT2D eigenvalue weighted by atomic mass is 9.82. The molecule has 0 saturated heterocycles. The second kappa shape index (κ2) is 18.0. The smallest absolute Gasteiger partial charge is 0.407 e. The van der Waals surface area contributed by atoms with Crippen molar-refractivity contribution in [3.8, 4) is 11.5 Å². The number of hydrogen-bond acceptors (Lipinski definition) is 7. The van der Waals surface area contributed by atoms with Crippen molar-refractivity contribution >= 4 is 12.0 Å². The molecule has 9 nitrogen and oxygen atoms in total. The highest BCUT2D eigenvalue weighted by Crippen LogP contribution is 2.31. The average molecular weight is 567 g/mol. The number of ether oxygens (including phenoxy) is 4. The first kappa shape index (κ1) is 35.5. The van der Waals surface area contributed by atoms with Crippen LogP contribution in [-0.4, -0.2) is 68.8 Å². The molecule has 40 heavy (non-hydrogen) atoms. The monoisotopic (exact) mass is 566 g/mol. The van der Waals surface area contributed by atoms with Crippen LogP contribution in [0.4, 0.5) is 4.79 Å². The molecule has 1 aromatic rings. The molecule has 3 N–H and O–H groups in total. The van der Waals surface area contributed by atoms with Gasteiger partial charge >= 0.3 is 6.09 Å². The molecule has 0 aliphatic rings. The zero-order valence-corrected chi connectivity index (χ0v) is 26.2. The van der Waals surface area contributed by atoms with Gasteiger partial charge in [-0.1, -0.05) is 40.2 Å². The van der Waals surface area contributed by atoms with Crippen molar-refractivity contribution in [3.63, 3.8) is 0 Å². The maximum Gasteiger partial charge on any atom is 0.407 e. The lowest BCUT2D eigenvalue weighted by Crippen LogP contribution is -2.48. The highest BCUT2D eigenvalue weighted by molar-refractivity contribution is 5.78. The van der Waals surface area contributed by atoms with E-state index in [0.717, 1.165) is 18.4 Å². The molecule has 0 bridgehead atoms. The lowest BCUT2D eigenvalue weighted by molar-refractivity contribution is -0.125. The zero-order valence-electron chi connectivity index (χ0n) is 26.2. The lowest BCUT2D eigenvalue weighted by Gasteiger charge is -2.32. The number of hydrogen-bond donors (Lipinski definition) is 3. The minimum Gasteiger partial charge on any atom is -0.493 e. The summed E-state index contributed by atoms with van der Waals surface area (Å²) in [6.07, 6.45) is 1.82. The second-order valence-electron chi connectivity index (χ2n) is 11.9. The Bertz CT molecular complexity index is 885. The van der Waals surface area contributed by atoms with Crippen LogP contribution in [0.3, 0.4) is 0 Å². The molecule has 1 rings (SSSR count). The number of aliphatic hydroxyl groups excluding tert-OH is 1. The maximum atomic E-state index is 12.8. The molecule has 0 aliphatic heterocycles. The summed E-state index contributed by atoms with van der Waals surface area (Å²) < 4.78 is 21.9. The van der Waals surface area contributed by atoms with Gasteiger partial charge in [-0.05, 0) is 76.0 Å². The summed E-state index contributed by atoms with van der Waals surface area (Å²) in [6.45, 7) is 15.0. The maximum absolute atomic E-state index is 12.8. The molecule has 0 unspecified atom stereocenters. The molecule has 1 aromatic carbocycles. The van der Waals surface area contributed by atoms with Crippen LogP contribution in [-0.2, 0) is 20.7 Å². The Labute approximate surface area is 241 Å². The molecule has 0 aromatic heterocycles. The molecule has 9 heteroatoms. The highest BCUT2D eigenvalue weighted by Gasteiger charge is 2.31. The molecule has 0 aliphatic carbocycles. The fourth-order valence-electron chi connectivity index (χ4n) is 4.38. The van der Waals surface area contributed by atoms with Crippen molar-refractivity contribution in [2.24, 2.45) is 17.8 Å². The summed E-state index contributed by atoms with van der Waals surface area (Å²) in [7, 11) is 3.23. The van der Waals surface area contributed by atoms with E-state index in [1.807, 2.05) is 18.2 Å². The number of amides is 2. The number of alkyl carbamates (subject to hydrolysis) is 1. The van der Waals surface area contributed by atoms with E-state index in [-0.39, 0.29) is 24.2 Å². The number of aliphatic hydroxyl groups is 1. The molecule has 2 amide bonds. The van der Waals surface area contributed by atoms with Gasteiger partial charge in [-0.15, -0.1) is 0 Å². The number of nitrogens with one attached hydrogen (secondary N) is 2. The minimum absolute atomic E-state index is 0.0943. The molecule has 0 fully saturated rings. The number of rotatable bonds is 18. The first-order valence-electron chi connectivity index (χ1n) is 14.5. The van der Waals surface area contributed by atoms with Crippen molar-refractivity contribution in [1.29, 1.82) is 0 Å². The first-order valence-corrected chi connectivity index (χ1v) is 14.5. The van der Waals surface area contributed by atoms with E-state index in [1.54, 1.807) is 41.9 Å². The normalized spacial score (nSPS) is 14.7. The molecular weight excluding hydrogens is 512 g/mol. The Balaban J connectivity index is 3.11. The van der Waals surface area contributed by atoms with E-state index < -0.39 is 29.8 Å². The Morgan fingerprint density at radius 2 is 1.73 bits per heavy atom. The minimum atomic E-state index is -0.926. The van der Waals surface area contributed by atoms with Gasteiger partial charge in [0.05, 0.1) is 25.9 Å².